The average Bonchev–Trinajstić information content (AvgIpc) is 2.60. The summed E-state index contributed by atoms with van der Waals surface area (Å²) in [6.07, 6.45) is 9.68. The van der Waals surface area contributed by atoms with Gasteiger partial charge >= 0.3 is 51.4 Å². The van der Waals surface area contributed by atoms with E-state index in [9.17, 15) is 13.5 Å². The van der Waals surface area contributed by atoms with Crippen LogP contribution in [0.15, 0.2) is 47.4 Å². The number of hydrogen-bond acceptors (Lipinski definition) is 4. The van der Waals surface area contributed by atoms with Crippen LogP contribution in [-0.4, -0.2) is 13.0 Å². The minimum absolute atomic E-state index is 0. The number of unbranched alkanes of at least 4 members (excludes halogenated alkanes) is 6. The molecule has 0 radical (unpaired) electrons. The van der Waals surface area contributed by atoms with Crippen LogP contribution in [0.5, 0.6) is 17.2 Å². The topological polar surface area (TPSA) is 86.7 Å². The van der Waals surface area contributed by atoms with Crippen molar-refractivity contribution in [2.45, 2.75) is 63.2 Å². The molecule has 28 heavy (non-hydrogen) atoms. The summed E-state index contributed by atoms with van der Waals surface area (Å²) in [7, 11) is -4.45. The second-order valence-electron chi connectivity index (χ2n) is 6.74. The minimum atomic E-state index is -4.45. The summed E-state index contributed by atoms with van der Waals surface area (Å²) in [4.78, 5) is -0.468. The van der Waals surface area contributed by atoms with E-state index in [1.807, 2.05) is 18.2 Å². The van der Waals surface area contributed by atoms with Crippen molar-refractivity contribution in [2.75, 3.05) is 0 Å². The Morgan fingerprint density at radius 2 is 1.61 bits per heavy atom. The molecule has 1 N–H and O–H groups in total. The molecule has 0 bridgehead atoms. The first-order valence-electron chi connectivity index (χ1n) is 9.45. The van der Waals surface area contributed by atoms with Gasteiger partial charge in [0.25, 0.3) is 10.1 Å². The summed E-state index contributed by atoms with van der Waals surface area (Å²) >= 11 is 0. The van der Waals surface area contributed by atoms with Crippen LogP contribution in [-0.2, 0) is 16.5 Å². The first kappa shape index (κ1) is 25.6. The Kier molecular flexibility index (Phi) is 11.9. The Labute approximate surface area is 210 Å². The zero-order chi connectivity index (χ0) is 19.7. The predicted octanol–water partition coefficient (Wildman–Crippen LogP) is 2.10. The maximum Gasteiger partial charge on any atom is 1.00 e. The monoisotopic (exact) mass is 430 g/mol. The SMILES string of the molecule is CCCCCCCCCc1cccc(Oc2cc([O-])cc(S(=O)(=O)O)c2)c1.[K+]. The molecule has 5 nitrogen and oxygen atoms in total. The fourth-order valence-corrected chi connectivity index (χ4v) is 3.47. The molecule has 2 aromatic rings. The van der Waals surface area contributed by atoms with Crippen LogP contribution in [0.4, 0.5) is 0 Å². The number of hydrogen-bond donors (Lipinski definition) is 1. The average molecular weight is 431 g/mol. The van der Waals surface area contributed by atoms with Crippen LogP contribution in [0.3, 0.4) is 0 Å². The Hall–Kier alpha value is -0.414. The molecule has 0 heterocycles. The first-order valence-corrected chi connectivity index (χ1v) is 10.9. The van der Waals surface area contributed by atoms with Crippen molar-refractivity contribution in [3.05, 3.63) is 48.0 Å². The summed E-state index contributed by atoms with van der Waals surface area (Å²) in [5.41, 5.74) is 1.13. The fraction of sp³-hybridized carbons (Fsp3) is 0.429. The van der Waals surface area contributed by atoms with Gasteiger partial charge in [-0.25, -0.2) is 0 Å². The Morgan fingerprint density at radius 1 is 0.929 bits per heavy atom. The van der Waals surface area contributed by atoms with Crippen molar-refractivity contribution in [3.63, 3.8) is 0 Å². The summed E-state index contributed by atoms with van der Waals surface area (Å²) in [5, 5.41) is 11.6. The van der Waals surface area contributed by atoms with E-state index >= 15 is 0 Å². The van der Waals surface area contributed by atoms with Crippen molar-refractivity contribution >= 4 is 10.1 Å². The molecular weight excluding hydrogens is 403 g/mol. The summed E-state index contributed by atoms with van der Waals surface area (Å²) in [6.45, 7) is 2.21. The van der Waals surface area contributed by atoms with Gasteiger partial charge in [-0.05, 0) is 42.7 Å². The molecule has 0 saturated carbocycles. The molecule has 2 rings (SSSR count). The standard InChI is InChI=1S/C21H28O5S.K/c1-2-3-4-5-6-7-8-10-17-11-9-12-19(13-17)26-20-14-18(22)15-21(16-20)27(23,24)25;/h9,11-16,22H,2-8,10H2,1H3,(H,23,24,25);/q;+1/p-1. The molecule has 0 atom stereocenters. The van der Waals surface area contributed by atoms with Crippen LogP contribution in [0.2, 0.25) is 0 Å². The van der Waals surface area contributed by atoms with Crippen molar-refractivity contribution in [3.8, 4) is 17.2 Å². The summed E-state index contributed by atoms with van der Waals surface area (Å²) in [5.74, 6) is 0.0740. The predicted molar refractivity (Wildman–Crippen MR) is 104 cm³/mol. The molecule has 0 aliphatic heterocycles. The smallest absolute Gasteiger partial charge is 0.872 e. The van der Waals surface area contributed by atoms with E-state index in [1.54, 1.807) is 6.07 Å². The number of benzene rings is 2. The van der Waals surface area contributed by atoms with Crippen LogP contribution in [0.25, 0.3) is 0 Å². The van der Waals surface area contributed by atoms with Gasteiger partial charge in [0.2, 0.25) is 0 Å². The molecule has 0 spiro atoms. The van der Waals surface area contributed by atoms with Crippen molar-refractivity contribution in [1.29, 1.82) is 0 Å². The van der Waals surface area contributed by atoms with E-state index < -0.39 is 20.8 Å². The van der Waals surface area contributed by atoms with Gasteiger partial charge in [-0.1, -0.05) is 57.6 Å². The minimum Gasteiger partial charge on any atom is -0.872 e. The van der Waals surface area contributed by atoms with E-state index in [2.05, 4.69) is 6.92 Å². The molecule has 0 aromatic heterocycles. The van der Waals surface area contributed by atoms with Gasteiger partial charge in [-0.3, -0.25) is 4.55 Å². The van der Waals surface area contributed by atoms with Crippen LogP contribution < -0.4 is 61.2 Å². The van der Waals surface area contributed by atoms with Gasteiger partial charge in [0.1, 0.15) is 11.5 Å². The molecule has 0 aliphatic rings. The second-order valence-corrected chi connectivity index (χ2v) is 8.16. The van der Waals surface area contributed by atoms with E-state index in [4.69, 9.17) is 9.29 Å². The molecular formula is C21H27KO5S. The van der Waals surface area contributed by atoms with Crippen molar-refractivity contribution < 1.29 is 74.2 Å². The Balaban J connectivity index is 0.00000392. The summed E-state index contributed by atoms with van der Waals surface area (Å²) in [6, 6.07) is 10.7. The van der Waals surface area contributed by atoms with E-state index in [0.29, 0.717) is 5.75 Å². The normalized spacial score (nSPS) is 11.1. The molecule has 148 valence electrons. The quantitative estimate of drug-likeness (QED) is 0.335. The van der Waals surface area contributed by atoms with Crippen LogP contribution >= 0.6 is 0 Å². The maximum absolute atomic E-state index is 11.6. The molecule has 0 fully saturated rings. The van der Waals surface area contributed by atoms with Gasteiger partial charge in [-0.15, -0.1) is 5.75 Å². The third kappa shape index (κ3) is 9.39. The molecule has 0 amide bonds. The Bertz CT molecular complexity index is 836. The first-order chi connectivity index (χ1) is 12.9. The largest absolute Gasteiger partial charge is 1.00 e. The van der Waals surface area contributed by atoms with E-state index in [-0.39, 0.29) is 57.1 Å². The van der Waals surface area contributed by atoms with Crippen molar-refractivity contribution in [1.82, 2.24) is 0 Å². The number of ether oxygens (including phenoxy) is 1. The third-order valence-corrected chi connectivity index (χ3v) is 5.19. The van der Waals surface area contributed by atoms with Crippen molar-refractivity contribution in [2.24, 2.45) is 0 Å². The van der Waals surface area contributed by atoms with Gasteiger partial charge in [0.15, 0.2) is 0 Å². The summed E-state index contributed by atoms with van der Waals surface area (Å²) < 4.78 is 37.2. The molecule has 0 unspecified atom stereocenters. The zero-order valence-electron chi connectivity index (χ0n) is 16.7. The fourth-order valence-electron chi connectivity index (χ4n) is 2.94. The maximum atomic E-state index is 11.6. The van der Waals surface area contributed by atoms with Crippen LogP contribution in [0, 0.1) is 0 Å². The molecule has 0 saturated heterocycles. The van der Waals surface area contributed by atoms with E-state index in [0.717, 1.165) is 30.5 Å². The van der Waals surface area contributed by atoms with Gasteiger partial charge < -0.3 is 9.84 Å². The van der Waals surface area contributed by atoms with Gasteiger partial charge in [0, 0.05) is 6.07 Å². The molecule has 0 aliphatic carbocycles. The molecule has 7 heteroatoms. The van der Waals surface area contributed by atoms with E-state index in [1.165, 1.54) is 44.6 Å². The zero-order valence-corrected chi connectivity index (χ0v) is 20.6. The number of aryl methyl sites for hydroxylation is 1. The molecule has 2 aromatic carbocycles. The van der Waals surface area contributed by atoms with Gasteiger partial charge in [-0.2, -0.15) is 8.42 Å². The third-order valence-electron chi connectivity index (χ3n) is 4.35. The number of rotatable bonds is 11. The Morgan fingerprint density at radius 3 is 2.29 bits per heavy atom. The van der Waals surface area contributed by atoms with Gasteiger partial charge in [0.05, 0.1) is 4.90 Å². The second kappa shape index (κ2) is 13.0. The van der Waals surface area contributed by atoms with Crippen LogP contribution in [0.1, 0.15) is 57.4 Å².